The fraction of sp³-hybridized carbons (Fsp3) is 0.875. The zero-order valence-corrected chi connectivity index (χ0v) is 8.23. The predicted molar refractivity (Wildman–Crippen MR) is 50.2 cm³/mol. The number of carbonyl (C=O) groups excluding carboxylic acids is 1. The number of unbranched alkanes of at least 4 members (excludes halogenated alkanes) is 3. The summed E-state index contributed by atoms with van der Waals surface area (Å²) in [7, 11) is 1.41. The minimum Gasteiger partial charge on any atom is -0.469 e. The van der Waals surface area contributed by atoms with E-state index in [0.29, 0.717) is 6.42 Å². The lowest BCUT2D eigenvalue weighted by Gasteiger charge is -1.98. The molecular weight excluding hydrogens is 176 g/mol. The average molecular weight is 192 g/mol. The zero-order chi connectivity index (χ0) is 9.23. The standard InChI is InChI=1S/C8H16O3S/c1-11-8(9)6-4-2-3-5-7-12-10/h10H,2-7H2,1H3. The molecule has 0 fully saturated rings. The van der Waals surface area contributed by atoms with E-state index in [9.17, 15) is 4.79 Å². The monoisotopic (exact) mass is 192 g/mol. The Morgan fingerprint density at radius 2 is 2.00 bits per heavy atom. The van der Waals surface area contributed by atoms with Crippen molar-refractivity contribution in [1.82, 2.24) is 0 Å². The van der Waals surface area contributed by atoms with Crippen LogP contribution in [0.4, 0.5) is 0 Å². The van der Waals surface area contributed by atoms with Gasteiger partial charge in [-0.05, 0) is 24.9 Å². The van der Waals surface area contributed by atoms with Crippen LogP contribution in [0.25, 0.3) is 0 Å². The van der Waals surface area contributed by atoms with Crippen LogP contribution in [0.3, 0.4) is 0 Å². The first-order valence-electron chi connectivity index (χ1n) is 4.14. The molecule has 0 saturated heterocycles. The molecule has 0 bridgehead atoms. The van der Waals surface area contributed by atoms with Crippen LogP contribution < -0.4 is 0 Å². The van der Waals surface area contributed by atoms with Gasteiger partial charge in [-0.3, -0.25) is 4.79 Å². The molecule has 0 heterocycles. The van der Waals surface area contributed by atoms with E-state index in [-0.39, 0.29) is 5.97 Å². The molecule has 0 atom stereocenters. The first-order chi connectivity index (χ1) is 5.81. The molecule has 3 nitrogen and oxygen atoms in total. The van der Waals surface area contributed by atoms with Gasteiger partial charge in [0.1, 0.15) is 0 Å². The lowest BCUT2D eigenvalue weighted by molar-refractivity contribution is -0.140. The number of hydrogen-bond acceptors (Lipinski definition) is 4. The highest BCUT2D eigenvalue weighted by atomic mass is 32.2. The molecular formula is C8H16O3S. The van der Waals surface area contributed by atoms with Gasteiger partial charge in [0.25, 0.3) is 0 Å². The van der Waals surface area contributed by atoms with Gasteiger partial charge >= 0.3 is 5.97 Å². The number of hydrogen-bond donors (Lipinski definition) is 1. The van der Waals surface area contributed by atoms with Crippen molar-refractivity contribution in [2.24, 2.45) is 0 Å². The van der Waals surface area contributed by atoms with Crippen molar-refractivity contribution in [2.75, 3.05) is 12.9 Å². The van der Waals surface area contributed by atoms with Crippen molar-refractivity contribution >= 4 is 18.0 Å². The molecule has 12 heavy (non-hydrogen) atoms. The third-order valence-corrected chi connectivity index (χ3v) is 2.07. The van der Waals surface area contributed by atoms with Crippen molar-refractivity contribution < 1.29 is 14.1 Å². The van der Waals surface area contributed by atoms with E-state index in [2.05, 4.69) is 4.74 Å². The number of carbonyl (C=O) groups is 1. The zero-order valence-electron chi connectivity index (χ0n) is 7.41. The van der Waals surface area contributed by atoms with E-state index >= 15 is 0 Å². The number of ether oxygens (including phenoxy) is 1. The second-order valence-corrected chi connectivity index (χ2v) is 3.24. The minimum atomic E-state index is -0.133. The van der Waals surface area contributed by atoms with Crippen LogP contribution in [0.1, 0.15) is 32.1 Å². The highest BCUT2D eigenvalue weighted by Crippen LogP contribution is 2.06. The maximum Gasteiger partial charge on any atom is 0.305 e. The fourth-order valence-corrected chi connectivity index (χ4v) is 1.22. The molecule has 0 aromatic heterocycles. The average Bonchev–Trinajstić information content (AvgIpc) is 2.10. The fourth-order valence-electron chi connectivity index (χ4n) is 0.892. The molecule has 0 unspecified atom stereocenters. The molecule has 0 aliphatic heterocycles. The summed E-state index contributed by atoms with van der Waals surface area (Å²) in [5.74, 6) is 0.657. The summed E-state index contributed by atoms with van der Waals surface area (Å²) < 4.78 is 12.9. The van der Waals surface area contributed by atoms with Crippen LogP contribution in [0.2, 0.25) is 0 Å². The van der Waals surface area contributed by atoms with Crippen LogP contribution in [-0.4, -0.2) is 23.4 Å². The topological polar surface area (TPSA) is 46.5 Å². The van der Waals surface area contributed by atoms with E-state index < -0.39 is 0 Å². The highest BCUT2D eigenvalue weighted by molar-refractivity contribution is 7.93. The Morgan fingerprint density at radius 3 is 2.58 bits per heavy atom. The van der Waals surface area contributed by atoms with Gasteiger partial charge in [0.2, 0.25) is 0 Å². The molecule has 0 amide bonds. The number of methoxy groups -OCH3 is 1. The first kappa shape index (κ1) is 11.8. The summed E-state index contributed by atoms with van der Waals surface area (Å²) in [5.41, 5.74) is 0. The maximum atomic E-state index is 10.6. The number of rotatable bonds is 7. The molecule has 0 rings (SSSR count). The van der Waals surface area contributed by atoms with Crippen LogP contribution in [0.5, 0.6) is 0 Å². The molecule has 0 radical (unpaired) electrons. The Morgan fingerprint density at radius 1 is 1.33 bits per heavy atom. The Bertz CT molecular complexity index is 117. The normalized spacial score (nSPS) is 9.83. The Balaban J connectivity index is 2.95. The molecule has 0 aliphatic rings. The Hall–Kier alpha value is -0.220. The number of esters is 1. The molecule has 72 valence electrons. The van der Waals surface area contributed by atoms with E-state index in [0.717, 1.165) is 43.5 Å². The van der Waals surface area contributed by atoms with Crippen molar-refractivity contribution in [3.05, 3.63) is 0 Å². The van der Waals surface area contributed by atoms with Crippen molar-refractivity contribution in [1.29, 1.82) is 0 Å². The van der Waals surface area contributed by atoms with Gasteiger partial charge in [-0.2, -0.15) is 0 Å². The highest BCUT2D eigenvalue weighted by Gasteiger charge is 1.98. The smallest absolute Gasteiger partial charge is 0.305 e. The summed E-state index contributed by atoms with van der Waals surface area (Å²) in [4.78, 5) is 10.6. The van der Waals surface area contributed by atoms with Crippen molar-refractivity contribution in [3.8, 4) is 0 Å². The summed E-state index contributed by atoms with van der Waals surface area (Å²) in [6.45, 7) is 0. The lowest BCUT2D eigenvalue weighted by atomic mass is 10.2. The largest absolute Gasteiger partial charge is 0.469 e. The lowest BCUT2D eigenvalue weighted by Crippen LogP contribution is -1.99. The predicted octanol–water partition coefficient (Wildman–Crippen LogP) is 2.32. The van der Waals surface area contributed by atoms with Crippen LogP contribution in [0.15, 0.2) is 0 Å². The van der Waals surface area contributed by atoms with Crippen LogP contribution in [0, 0.1) is 0 Å². The van der Waals surface area contributed by atoms with Gasteiger partial charge in [-0.1, -0.05) is 12.8 Å². The summed E-state index contributed by atoms with van der Waals surface area (Å²) in [6, 6.07) is 0. The van der Waals surface area contributed by atoms with Crippen LogP contribution >= 0.6 is 12.0 Å². The minimum absolute atomic E-state index is 0.133. The first-order valence-corrected chi connectivity index (χ1v) is 5.08. The third-order valence-electron chi connectivity index (χ3n) is 1.59. The van der Waals surface area contributed by atoms with E-state index in [1.54, 1.807) is 0 Å². The maximum absolute atomic E-state index is 10.6. The van der Waals surface area contributed by atoms with Gasteiger partial charge in [0.15, 0.2) is 0 Å². The van der Waals surface area contributed by atoms with Crippen molar-refractivity contribution in [2.45, 2.75) is 32.1 Å². The summed E-state index contributed by atoms with van der Waals surface area (Å²) in [6.07, 6.45) is 4.54. The third kappa shape index (κ3) is 7.88. The molecule has 4 heteroatoms. The van der Waals surface area contributed by atoms with Gasteiger partial charge in [0.05, 0.1) is 7.11 Å². The Kier molecular flexibility index (Phi) is 8.71. The molecule has 1 N–H and O–H groups in total. The van der Waals surface area contributed by atoms with Gasteiger partial charge in [-0.25, -0.2) is 0 Å². The van der Waals surface area contributed by atoms with E-state index in [1.165, 1.54) is 7.11 Å². The van der Waals surface area contributed by atoms with Crippen molar-refractivity contribution in [3.63, 3.8) is 0 Å². The second kappa shape index (κ2) is 8.87. The second-order valence-electron chi connectivity index (χ2n) is 2.57. The quantitative estimate of drug-likeness (QED) is 0.382. The molecule has 0 spiro atoms. The molecule has 0 aromatic rings. The summed E-state index contributed by atoms with van der Waals surface area (Å²) in [5, 5.41) is 0. The Labute approximate surface area is 77.7 Å². The molecule has 0 aliphatic carbocycles. The van der Waals surface area contributed by atoms with E-state index in [1.807, 2.05) is 0 Å². The van der Waals surface area contributed by atoms with Gasteiger partial charge < -0.3 is 9.29 Å². The molecule has 0 saturated carbocycles. The summed E-state index contributed by atoms with van der Waals surface area (Å²) >= 11 is 0.879. The SMILES string of the molecule is COC(=O)CCCCCCSO. The molecule has 0 aromatic carbocycles. The van der Waals surface area contributed by atoms with Crippen LogP contribution in [-0.2, 0) is 9.53 Å². The van der Waals surface area contributed by atoms with Gasteiger partial charge in [-0.15, -0.1) is 0 Å². The van der Waals surface area contributed by atoms with E-state index in [4.69, 9.17) is 4.55 Å². The van der Waals surface area contributed by atoms with Gasteiger partial charge in [0, 0.05) is 12.2 Å².